The first kappa shape index (κ1) is 10.4. The topological polar surface area (TPSA) is 23.5 Å². The number of aliphatic hydroxyl groups excluding tert-OH is 1. The molecule has 0 spiro atoms. The SMILES string of the molecule is CN(C)CCO.[Fe]. The molecule has 0 saturated heterocycles. The van der Waals surface area contributed by atoms with E-state index in [9.17, 15) is 0 Å². The predicted molar refractivity (Wildman–Crippen MR) is 25.6 cm³/mol. The van der Waals surface area contributed by atoms with Crippen LogP contribution in [0.5, 0.6) is 0 Å². The molecule has 46 valence electrons. The molecule has 3 heteroatoms. The summed E-state index contributed by atoms with van der Waals surface area (Å²) in [5.74, 6) is 0. The van der Waals surface area contributed by atoms with Gasteiger partial charge >= 0.3 is 0 Å². The number of nitrogens with zero attached hydrogens (tertiary/aromatic N) is 1. The van der Waals surface area contributed by atoms with Crippen LogP contribution in [-0.4, -0.2) is 37.3 Å². The second-order valence-electron chi connectivity index (χ2n) is 1.53. The maximum Gasteiger partial charge on any atom is 0.0558 e. The summed E-state index contributed by atoms with van der Waals surface area (Å²) < 4.78 is 0. The number of likely N-dealkylation sites (N-methyl/N-ethyl adjacent to an activating group) is 1. The minimum absolute atomic E-state index is 0. The third kappa shape index (κ3) is 10.7. The molecule has 0 aliphatic rings. The number of rotatable bonds is 2. The molecule has 0 amide bonds. The van der Waals surface area contributed by atoms with E-state index in [1.807, 2.05) is 19.0 Å². The van der Waals surface area contributed by atoms with Crippen LogP contribution in [0.25, 0.3) is 0 Å². The van der Waals surface area contributed by atoms with Gasteiger partial charge in [-0.15, -0.1) is 0 Å². The van der Waals surface area contributed by atoms with E-state index in [-0.39, 0.29) is 23.7 Å². The Morgan fingerprint density at radius 2 is 1.86 bits per heavy atom. The molecule has 0 rings (SSSR count). The monoisotopic (exact) mass is 145 g/mol. The van der Waals surface area contributed by atoms with Gasteiger partial charge in [-0.05, 0) is 14.1 Å². The summed E-state index contributed by atoms with van der Waals surface area (Å²) in [4.78, 5) is 1.93. The molecule has 0 bridgehead atoms. The van der Waals surface area contributed by atoms with Gasteiger partial charge in [0.05, 0.1) is 6.61 Å². The molecule has 0 heterocycles. The molecule has 1 N–H and O–H groups in total. The Hall–Kier alpha value is 0.439. The van der Waals surface area contributed by atoms with Crippen molar-refractivity contribution in [2.45, 2.75) is 0 Å². The molecule has 0 atom stereocenters. The van der Waals surface area contributed by atoms with Crippen molar-refractivity contribution in [2.75, 3.05) is 27.2 Å². The van der Waals surface area contributed by atoms with Crippen LogP contribution in [0.2, 0.25) is 0 Å². The number of hydrogen-bond acceptors (Lipinski definition) is 2. The first-order valence-corrected chi connectivity index (χ1v) is 2.03. The molecule has 0 aromatic carbocycles. The summed E-state index contributed by atoms with van der Waals surface area (Å²) in [6.45, 7) is 1.02. The number of aliphatic hydroxyl groups is 1. The summed E-state index contributed by atoms with van der Waals surface area (Å²) in [6.07, 6.45) is 0. The van der Waals surface area contributed by atoms with Gasteiger partial charge in [0.1, 0.15) is 0 Å². The van der Waals surface area contributed by atoms with Crippen LogP contribution in [0.3, 0.4) is 0 Å². The zero-order chi connectivity index (χ0) is 4.99. The molecule has 0 aliphatic heterocycles. The van der Waals surface area contributed by atoms with Crippen molar-refractivity contribution >= 4 is 0 Å². The van der Waals surface area contributed by atoms with Gasteiger partial charge in [0.25, 0.3) is 0 Å². The maximum atomic E-state index is 8.20. The van der Waals surface area contributed by atoms with E-state index in [2.05, 4.69) is 0 Å². The Kier molecular flexibility index (Phi) is 9.59. The Bertz CT molecular complexity index is 32.9. The fraction of sp³-hybridized carbons (Fsp3) is 1.00. The van der Waals surface area contributed by atoms with E-state index in [1.165, 1.54) is 0 Å². The zero-order valence-corrected chi connectivity index (χ0v) is 5.77. The number of hydrogen-bond donors (Lipinski definition) is 1. The Morgan fingerprint density at radius 3 is 1.86 bits per heavy atom. The van der Waals surface area contributed by atoms with Gasteiger partial charge in [-0.2, -0.15) is 0 Å². The van der Waals surface area contributed by atoms with Gasteiger partial charge in [-0.1, -0.05) is 0 Å². The van der Waals surface area contributed by atoms with Crippen LogP contribution in [-0.2, 0) is 17.1 Å². The minimum Gasteiger partial charge on any atom is -0.395 e. The van der Waals surface area contributed by atoms with E-state index in [0.29, 0.717) is 0 Å². The van der Waals surface area contributed by atoms with Gasteiger partial charge in [-0.25, -0.2) is 0 Å². The van der Waals surface area contributed by atoms with Crippen LogP contribution in [0, 0.1) is 0 Å². The first-order valence-electron chi connectivity index (χ1n) is 2.03. The van der Waals surface area contributed by atoms with Crippen molar-refractivity contribution in [3.05, 3.63) is 0 Å². The average Bonchev–Trinajstić information content (AvgIpc) is 1.35. The molecule has 0 saturated carbocycles. The van der Waals surface area contributed by atoms with E-state index in [1.54, 1.807) is 0 Å². The Morgan fingerprint density at radius 1 is 1.43 bits per heavy atom. The van der Waals surface area contributed by atoms with Gasteiger partial charge in [-0.3, -0.25) is 0 Å². The molecule has 0 aliphatic carbocycles. The first-order chi connectivity index (χ1) is 2.77. The molecule has 0 aromatic heterocycles. The quantitative estimate of drug-likeness (QED) is 0.531. The van der Waals surface area contributed by atoms with Crippen molar-refractivity contribution in [1.82, 2.24) is 4.90 Å². The Balaban J connectivity index is 0. The van der Waals surface area contributed by atoms with Crippen LogP contribution in [0.1, 0.15) is 0 Å². The second kappa shape index (κ2) is 6.44. The van der Waals surface area contributed by atoms with Gasteiger partial charge in [0.2, 0.25) is 0 Å². The minimum atomic E-state index is 0. The van der Waals surface area contributed by atoms with Crippen molar-refractivity contribution < 1.29 is 22.2 Å². The van der Waals surface area contributed by atoms with Crippen LogP contribution >= 0.6 is 0 Å². The van der Waals surface area contributed by atoms with Crippen LogP contribution in [0.4, 0.5) is 0 Å². The van der Waals surface area contributed by atoms with E-state index in [0.717, 1.165) is 6.54 Å². The van der Waals surface area contributed by atoms with Crippen LogP contribution < -0.4 is 0 Å². The summed E-state index contributed by atoms with van der Waals surface area (Å²) in [6, 6.07) is 0. The summed E-state index contributed by atoms with van der Waals surface area (Å²) in [5.41, 5.74) is 0. The molecule has 0 unspecified atom stereocenters. The summed E-state index contributed by atoms with van der Waals surface area (Å²) in [7, 11) is 3.85. The molecule has 0 aromatic rings. The average molecular weight is 145 g/mol. The zero-order valence-electron chi connectivity index (χ0n) is 4.66. The summed E-state index contributed by atoms with van der Waals surface area (Å²) in [5, 5.41) is 8.20. The van der Waals surface area contributed by atoms with Crippen molar-refractivity contribution in [2.24, 2.45) is 0 Å². The normalized spacial score (nSPS) is 8.57. The van der Waals surface area contributed by atoms with Gasteiger partial charge < -0.3 is 10.0 Å². The maximum absolute atomic E-state index is 8.20. The standard InChI is InChI=1S/C4H11NO.Fe/c1-5(2)3-4-6;/h6H,3-4H2,1-2H3;. The molecule has 0 fully saturated rings. The molecule has 7 heavy (non-hydrogen) atoms. The Labute approximate surface area is 55.0 Å². The smallest absolute Gasteiger partial charge is 0.0558 e. The van der Waals surface area contributed by atoms with E-state index < -0.39 is 0 Å². The van der Waals surface area contributed by atoms with Crippen molar-refractivity contribution in [1.29, 1.82) is 0 Å². The van der Waals surface area contributed by atoms with E-state index >= 15 is 0 Å². The predicted octanol–water partition coefficient (Wildman–Crippen LogP) is -0.462. The van der Waals surface area contributed by atoms with Crippen molar-refractivity contribution in [3.63, 3.8) is 0 Å². The molecular formula is C4H11FeNO. The molecule has 0 radical (unpaired) electrons. The fourth-order valence-corrected chi connectivity index (χ4v) is 0.200. The van der Waals surface area contributed by atoms with Crippen LogP contribution in [0.15, 0.2) is 0 Å². The fourth-order valence-electron chi connectivity index (χ4n) is 0.200. The molecular weight excluding hydrogens is 134 g/mol. The van der Waals surface area contributed by atoms with Crippen molar-refractivity contribution in [3.8, 4) is 0 Å². The van der Waals surface area contributed by atoms with E-state index in [4.69, 9.17) is 5.11 Å². The molecule has 2 nitrogen and oxygen atoms in total. The van der Waals surface area contributed by atoms with Gasteiger partial charge in [0.15, 0.2) is 0 Å². The second-order valence-corrected chi connectivity index (χ2v) is 1.53. The third-order valence-corrected chi connectivity index (χ3v) is 0.547. The van der Waals surface area contributed by atoms with Gasteiger partial charge in [0, 0.05) is 23.6 Å². The third-order valence-electron chi connectivity index (χ3n) is 0.547. The largest absolute Gasteiger partial charge is 0.395 e. The summed E-state index contributed by atoms with van der Waals surface area (Å²) >= 11 is 0.